The zero-order chi connectivity index (χ0) is 19.9. The van der Waals surface area contributed by atoms with Crippen molar-refractivity contribution in [1.29, 1.82) is 0 Å². The van der Waals surface area contributed by atoms with Crippen LogP contribution in [0.4, 0.5) is 4.39 Å². The summed E-state index contributed by atoms with van der Waals surface area (Å²) < 4.78 is 24.1. The lowest BCUT2D eigenvalue weighted by molar-refractivity contribution is 0.181. The van der Waals surface area contributed by atoms with E-state index in [1.165, 1.54) is 11.6 Å². The minimum Gasteiger partial charge on any atom is -0.497 e. The third-order valence-corrected chi connectivity index (χ3v) is 5.15. The van der Waals surface area contributed by atoms with E-state index in [0.717, 1.165) is 36.8 Å². The second-order valence-electron chi connectivity index (χ2n) is 6.96. The Hall–Kier alpha value is -2.60. The Labute approximate surface area is 166 Å². The predicted molar refractivity (Wildman–Crippen MR) is 109 cm³/mol. The van der Waals surface area contributed by atoms with E-state index >= 15 is 0 Å². The molecule has 6 heteroatoms. The number of guanidine groups is 1. The van der Waals surface area contributed by atoms with E-state index in [0.29, 0.717) is 18.0 Å². The first-order chi connectivity index (χ1) is 13.6. The number of rotatable bonds is 6. The average Bonchev–Trinajstić information content (AvgIpc) is 3.21. The highest BCUT2D eigenvalue weighted by atomic mass is 19.1. The van der Waals surface area contributed by atoms with Crippen molar-refractivity contribution in [3.8, 4) is 5.75 Å². The van der Waals surface area contributed by atoms with Gasteiger partial charge in [-0.25, -0.2) is 4.39 Å². The molecule has 1 N–H and O–H groups in total. The Kier molecular flexibility index (Phi) is 6.87. The van der Waals surface area contributed by atoms with E-state index in [2.05, 4.69) is 27.3 Å². The van der Waals surface area contributed by atoms with Gasteiger partial charge in [-0.1, -0.05) is 18.2 Å². The van der Waals surface area contributed by atoms with Crippen molar-refractivity contribution >= 4 is 5.96 Å². The van der Waals surface area contributed by atoms with Crippen molar-refractivity contribution < 1.29 is 13.9 Å². The number of halogens is 1. The largest absolute Gasteiger partial charge is 0.497 e. The van der Waals surface area contributed by atoms with Crippen molar-refractivity contribution in [2.24, 2.45) is 4.99 Å². The zero-order valence-corrected chi connectivity index (χ0v) is 16.7. The van der Waals surface area contributed by atoms with Crippen molar-refractivity contribution in [2.75, 3.05) is 34.4 Å². The maximum absolute atomic E-state index is 13.8. The molecule has 0 radical (unpaired) electrons. The van der Waals surface area contributed by atoms with Gasteiger partial charge in [-0.05, 0) is 41.8 Å². The van der Waals surface area contributed by atoms with Crippen LogP contribution in [0.1, 0.15) is 29.0 Å². The molecule has 0 spiro atoms. The van der Waals surface area contributed by atoms with Crippen molar-refractivity contribution in [2.45, 2.75) is 25.5 Å². The highest BCUT2D eigenvalue weighted by molar-refractivity contribution is 5.80. The van der Waals surface area contributed by atoms with Crippen molar-refractivity contribution in [3.63, 3.8) is 0 Å². The highest BCUT2D eigenvalue weighted by Crippen LogP contribution is 2.28. The van der Waals surface area contributed by atoms with Crippen LogP contribution in [0.15, 0.2) is 47.5 Å². The summed E-state index contributed by atoms with van der Waals surface area (Å²) in [5.41, 5.74) is 2.89. The van der Waals surface area contributed by atoms with Gasteiger partial charge in [-0.3, -0.25) is 4.99 Å². The lowest BCUT2D eigenvalue weighted by Crippen LogP contribution is -2.39. The van der Waals surface area contributed by atoms with Crippen molar-refractivity contribution in [3.05, 3.63) is 65.0 Å². The number of hydrogen-bond acceptors (Lipinski definition) is 3. The highest BCUT2D eigenvalue weighted by Gasteiger charge is 2.26. The molecule has 3 rings (SSSR count). The molecule has 1 aliphatic rings. The summed E-state index contributed by atoms with van der Waals surface area (Å²) in [6.07, 6.45) is 1.08. The first-order valence-electron chi connectivity index (χ1n) is 9.50. The van der Waals surface area contributed by atoms with Gasteiger partial charge in [0.15, 0.2) is 5.96 Å². The van der Waals surface area contributed by atoms with Gasteiger partial charge in [0.25, 0.3) is 0 Å². The molecule has 2 aromatic rings. The fraction of sp³-hybridized carbons (Fsp3) is 0.409. The Morgan fingerprint density at radius 2 is 2.00 bits per heavy atom. The Balaban J connectivity index is 1.59. The average molecular weight is 385 g/mol. The first-order valence-corrected chi connectivity index (χ1v) is 9.50. The van der Waals surface area contributed by atoms with Crippen LogP contribution >= 0.6 is 0 Å². The maximum atomic E-state index is 13.8. The molecule has 1 saturated heterocycles. The molecular formula is C22H28FN3O2. The molecule has 0 bridgehead atoms. The summed E-state index contributed by atoms with van der Waals surface area (Å²) in [4.78, 5) is 6.70. The van der Waals surface area contributed by atoms with E-state index in [1.807, 2.05) is 18.2 Å². The van der Waals surface area contributed by atoms with Gasteiger partial charge in [-0.2, -0.15) is 0 Å². The number of nitrogens with zero attached hydrogens (tertiary/aromatic N) is 2. The lowest BCUT2D eigenvalue weighted by atomic mass is 9.98. The second-order valence-corrected chi connectivity index (χ2v) is 6.96. The molecule has 0 amide bonds. The Morgan fingerprint density at radius 3 is 2.68 bits per heavy atom. The molecular weight excluding hydrogens is 357 g/mol. The molecule has 5 nitrogen and oxygen atoms in total. The number of nitrogens with one attached hydrogen (secondary N) is 1. The molecule has 0 aliphatic carbocycles. The van der Waals surface area contributed by atoms with Crippen LogP contribution in [-0.2, 0) is 17.9 Å². The Bertz CT molecular complexity index is 808. The van der Waals surface area contributed by atoms with E-state index in [9.17, 15) is 4.39 Å². The lowest BCUT2D eigenvalue weighted by Gasteiger charge is -2.22. The zero-order valence-electron chi connectivity index (χ0n) is 16.7. The SMILES string of the molecule is CN=C(NCc1ccc(F)c(COC)c1)N1CCC(c2ccc(OC)cc2)C1. The van der Waals surface area contributed by atoms with Gasteiger partial charge < -0.3 is 19.7 Å². The van der Waals surface area contributed by atoms with E-state index in [-0.39, 0.29) is 12.4 Å². The Morgan fingerprint density at radius 1 is 1.21 bits per heavy atom. The third-order valence-electron chi connectivity index (χ3n) is 5.15. The van der Waals surface area contributed by atoms with Crippen LogP contribution in [0.3, 0.4) is 0 Å². The normalized spacial score (nSPS) is 17.1. The number of hydrogen-bond donors (Lipinski definition) is 1. The van der Waals surface area contributed by atoms with Crippen LogP contribution in [0.25, 0.3) is 0 Å². The molecule has 1 fully saturated rings. The van der Waals surface area contributed by atoms with Crippen LogP contribution in [0.2, 0.25) is 0 Å². The summed E-state index contributed by atoms with van der Waals surface area (Å²) in [7, 11) is 5.05. The molecule has 0 saturated carbocycles. The van der Waals surface area contributed by atoms with Gasteiger partial charge in [0, 0.05) is 45.3 Å². The number of ether oxygens (including phenoxy) is 2. The van der Waals surface area contributed by atoms with E-state index < -0.39 is 0 Å². The van der Waals surface area contributed by atoms with Gasteiger partial charge in [0.1, 0.15) is 11.6 Å². The van der Waals surface area contributed by atoms with Crippen LogP contribution in [0, 0.1) is 5.82 Å². The summed E-state index contributed by atoms with van der Waals surface area (Å²) in [5, 5.41) is 3.40. The fourth-order valence-corrected chi connectivity index (χ4v) is 3.62. The van der Waals surface area contributed by atoms with Gasteiger partial charge in [-0.15, -0.1) is 0 Å². The molecule has 28 heavy (non-hydrogen) atoms. The first kappa shape index (κ1) is 20.1. The number of benzene rings is 2. The third kappa shape index (κ3) is 4.81. The summed E-state index contributed by atoms with van der Waals surface area (Å²) >= 11 is 0. The molecule has 1 aliphatic heterocycles. The summed E-state index contributed by atoms with van der Waals surface area (Å²) in [5.74, 6) is 1.98. The number of methoxy groups -OCH3 is 2. The second kappa shape index (κ2) is 9.55. The summed E-state index contributed by atoms with van der Waals surface area (Å²) in [6.45, 7) is 2.73. The van der Waals surface area contributed by atoms with E-state index in [1.54, 1.807) is 27.3 Å². The quantitative estimate of drug-likeness (QED) is 0.610. The van der Waals surface area contributed by atoms with Gasteiger partial charge in [0.2, 0.25) is 0 Å². The van der Waals surface area contributed by atoms with E-state index in [4.69, 9.17) is 9.47 Å². The molecule has 1 heterocycles. The number of aliphatic imine (C=N–C) groups is 1. The fourth-order valence-electron chi connectivity index (χ4n) is 3.62. The molecule has 1 atom stereocenters. The molecule has 2 aromatic carbocycles. The molecule has 1 unspecified atom stereocenters. The predicted octanol–water partition coefficient (Wildman–Crippen LogP) is 3.55. The van der Waals surface area contributed by atoms with Gasteiger partial charge >= 0.3 is 0 Å². The molecule has 150 valence electrons. The van der Waals surface area contributed by atoms with Crippen LogP contribution < -0.4 is 10.1 Å². The number of likely N-dealkylation sites (tertiary alicyclic amines) is 1. The minimum absolute atomic E-state index is 0.239. The topological polar surface area (TPSA) is 46.1 Å². The standard InChI is InChI=1S/C22H28FN3O2/c1-24-22(25-13-16-4-9-21(23)19(12-16)15-27-2)26-11-10-18(14-26)17-5-7-20(28-3)8-6-17/h4-9,12,18H,10-11,13-15H2,1-3H3,(H,24,25). The van der Waals surface area contributed by atoms with Gasteiger partial charge in [0.05, 0.1) is 13.7 Å². The van der Waals surface area contributed by atoms with Crippen LogP contribution in [0.5, 0.6) is 5.75 Å². The van der Waals surface area contributed by atoms with Crippen LogP contribution in [-0.4, -0.2) is 45.2 Å². The minimum atomic E-state index is -0.239. The monoisotopic (exact) mass is 385 g/mol. The smallest absolute Gasteiger partial charge is 0.193 e. The maximum Gasteiger partial charge on any atom is 0.193 e. The van der Waals surface area contributed by atoms with Crippen molar-refractivity contribution in [1.82, 2.24) is 10.2 Å². The summed E-state index contributed by atoms with van der Waals surface area (Å²) in [6, 6.07) is 13.4. The molecule has 0 aromatic heterocycles.